The van der Waals surface area contributed by atoms with E-state index in [-0.39, 0.29) is 16.5 Å². The number of amides is 1. The zero-order valence-corrected chi connectivity index (χ0v) is 17.4. The van der Waals surface area contributed by atoms with E-state index in [1.54, 1.807) is 24.3 Å². The number of thiophene rings is 1. The van der Waals surface area contributed by atoms with Crippen LogP contribution in [0.15, 0.2) is 45.5 Å². The fourth-order valence-corrected chi connectivity index (χ4v) is 6.43. The average Bonchev–Trinajstić information content (AvgIpc) is 3.13. The second-order valence-corrected chi connectivity index (χ2v) is 10.7. The molecule has 0 radical (unpaired) electrons. The Bertz CT molecular complexity index is 908. The van der Waals surface area contributed by atoms with Crippen LogP contribution in [0.25, 0.3) is 0 Å². The molecule has 152 valence electrons. The van der Waals surface area contributed by atoms with Crippen LogP contribution in [0.4, 0.5) is 14.5 Å². The van der Waals surface area contributed by atoms with Gasteiger partial charge in [0.25, 0.3) is 15.8 Å². The molecule has 1 aromatic carbocycles. The van der Waals surface area contributed by atoms with Crippen molar-refractivity contribution in [3.05, 3.63) is 41.3 Å². The van der Waals surface area contributed by atoms with Crippen molar-refractivity contribution in [1.29, 1.82) is 0 Å². The number of halogens is 2. The van der Waals surface area contributed by atoms with Crippen molar-refractivity contribution in [1.82, 2.24) is 4.31 Å². The van der Waals surface area contributed by atoms with E-state index in [9.17, 15) is 22.0 Å². The molecular formula is C18H20F2N2O3S3. The van der Waals surface area contributed by atoms with E-state index in [4.69, 9.17) is 0 Å². The zero-order valence-electron chi connectivity index (χ0n) is 14.9. The Hall–Kier alpha value is -1.49. The Kier molecular flexibility index (Phi) is 7.08. The predicted octanol–water partition coefficient (Wildman–Crippen LogP) is 4.42. The van der Waals surface area contributed by atoms with Gasteiger partial charge in [-0.2, -0.15) is 13.1 Å². The molecule has 1 aromatic heterocycles. The molecule has 0 spiro atoms. The lowest BCUT2D eigenvalue weighted by molar-refractivity contribution is -0.115. The number of nitrogens with one attached hydrogen (secondary N) is 1. The number of nitrogens with zero attached hydrogens (tertiary/aromatic N) is 1. The highest BCUT2D eigenvalue weighted by Gasteiger charge is 2.27. The van der Waals surface area contributed by atoms with Gasteiger partial charge in [-0.1, -0.05) is 18.2 Å². The van der Waals surface area contributed by atoms with E-state index < -0.39 is 15.8 Å². The number of piperidine rings is 1. The van der Waals surface area contributed by atoms with Gasteiger partial charge in [0.2, 0.25) is 5.91 Å². The lowest BCUT2D eigenvalue weighted by Crippen LogP contribution is -2.35. The highest BCUT2D eigenvalue weighted by atomic mass is 32.2. The van der Waals surface area contributed by atoms with Crippen LogP contribution in [0.2, 0.25) is 0 Å². The van der Waals surface area contributed by atoms with Gasteiger partial charge in [0.05, 0.1) is 6.42 Å². The average molecular weight is 447 g/mol. The van der Waals surface area contributed by atoms with Crippen LogP contribution in [0.5, 0.6) is 0 Å². The number of anilines is 1. The number of sulfonamides is 1. The maximum atomic E-state index is 12.7. The van der Waals surface area contributed by atoms with Gasteiger partial charge >= 0.3 is 0 Å². The molecule has 2 aromatic rings. The molecule has 1 fully saturated rings. The van der Waals surface area contributed by atoms with Gasteiger partial charge in [-0.05, 0) is 49.2 Å². The Morgan fingerprint density at radius 3 is 2.43 bits per heavy atom. The summed E-state index contributed by atoms with van der Waals surface area (Å²) in [5.41, 5.74) is 0.501. The van der Waals surface area contributed by atoms with E-state index in [2.05, 4.69) is 5.32 Å². The first-order valence-electron chi connectivity index (χ1n) is 8.78. The third-order valence-corrected chi connectivity index (χ3v) is 8.42. The molecule has 28 heavy (non-hydrogen) atoms. The first-order chi connectivity index (χ1) is 13.3. The second kappa shape index (κ2) is 9.34. The first-order valence-corrected chi connectivity index (χ1v) is 11.9. The minimum atomic E-state index is -3.49. The van der Waals surface area contributed by atoms with E-state index in [1.165, 1.54) is 16.4 Å². The molecule has 0 unspecified atom stereocenters. The van der Waals surface area contributed by atoms with Gasteiger partial charge in [0, 0.05) is 28.5 Å². The monoisotopic (exact) mass is 446 g/mol. The number of carbonyl (C=O) groups excluding carboxylic acids is 1. The normalized spacial score (nSPS) is 15.7. The van der Waals surface area contributed by atoms with Gasteiger partial charge in [-0.15, -0.1) is 11.3 Å². The Morgan fingerprint density at radius 1 is 1.11 bits per heavy atom. The van der Waals surface area contributed by atoms with Crippen molar-refractivity contribution in [3.63, 3.8) is 0 Å². The Morgan fingerprint density at radius 2 is 1.79 bits per heavy atom. The van der Waals surface area contributed by atoms with E-state index in [0.29, 0.717) is 40.3 Å². The lowest BCUT2D eigenvalue weighted by Gasteiger charge is -2.25. The van der Waals surface area contributed by atoms with Crippen LogP contribution in [0, 0.1) is 0 Å². The summed E-state index contributed by atoms with van der Waals surface area (Å²) in [7, 11) is -3.49. The molecule has 1 aliphatic heterocycles. The van der Waals surface area contributed by atoms with Crippen LogP contribution in [0.3, 0.4) is 0 Å². The smallest absolute Gasteiger partial charge is 0.288 e. The quantitative estimate of drug-likeness (QED) is 0.640. The molecule has 2 heterocycles. The van der Waals surface area contributed by atoms with E-state index in [1.807, 2.05) is 0 Å². The summed E-state index contributed by atoms with van der Waals surface area (Å²) in [6, 6.07) is 9.35. The molecular weight excluding hydrogens is 426 g/mol. The zero-order chi connectivity index (χ0) is 20.1. The second-order valence-electron chi connectivity index (χ2n) is 6.31. The molecule has 1 N–H and O–H groups in total. The third-order valence-electron chi connectivity index (χ3n) is 4.24. The lowest BCUT2D eigenvalue weighted by atomic mass is 10.2. The van der Waals surface area contributed by atoms with Gasteiger partial charge in [-0.3, -0.25) is 4.79 Å². The molecule has 0 saturated carbocycles. The summed E-state index contributed by atoms with van der Waals surface area (Å²) < 4.78 is 51.7. The molecule has 0 atom stereocenters. The highest BCUT2D eigenvalue weighted by molar-refractivity contribution is 7.99. The molecule has 0 bridgehead atoms. The van der Waals surface area contributed by atoms with Crippen LogP contribution >= 0.6 is 23.1 Å². The minimum Gasteiger partial charge on any atom is -0.326 e. The maximum absolute atomic E-state index is 12.7. The van der Waals surface area contributed by atoms with Crippen molar-refractivity contribution >= 4 is 44.7 Å². The summed E-state index contributed by atoms with van der Waals surface area (Å²) >= 11 is 1.54. The molecule has 1 aliphatic rings. The van der Waals surface area contributed by atoms with Crippen LogP contribution in [-0.2, 0) is 21.2 Å². The third kappa shape index (κ3) is 5.53. The number of carbonyl (C=O) groups is 1. The number of rotatable bonds is 7. The van der Waals surface area contributed by atoms with Crippen molar-refractivity contribution in [2.24, 2.45) is 0 Å². The van der Waals surface area contributed by atoms with Crippen LogP contribution in [-0.4, -0.2) is 37.5 Å². The first kappa shape index (κ1) is 21.2. The predicted molar refractivity (Wildman–Crippen MR) is 108 cm³/mol. The van der Waals surface area contributed by atoms with E-state index >= 15 is 0 Å². The Balaban J connectivity index is 1.59. The fraction of sp³-hybridized carbons (Fsp3) is 0.389. The molecule has 3 rings (SSSR count). The summed E-state index contributed by atoms with van der Waals surface area (Å²) in [6.45, 7) is 1.08. The number of thioether (sulfide) groups is 1. The van der Waals surface area contributed by atoms with Gasteiger partial charge in [0.15, 0.2) is 0 Å². The number of alkyl halides is 2. The van der Waals surface area contributed by atoms with Crippen molar-refractivity contribution < 1.29 is 22.0 Å². The molecule has 1 saturated heterocycles. The number of benzene rings is 1. The van der Waals surface area contributed by atoms with Gasteiger partial charge < -0.3 is 5.32 Å². The molecule has 1 amide bonds. The summed E-state index contributed by atoms with van der Waals surface area (Å²) in [4.78, 5) is 13.3. The fourth-order valence-electron chi connectivity index (χ4n) is 2.91. The molecule has 10 heteroatoms. The van der Waals surface area contributed by atoms with Crippen molar-refractivity contribution in [3.8, 4) is 0 Å². The topological polar surface area (TPSA) is 66.5 Å². The summed E-state index contributed by atoms with van der Waals surface area (Å²) in [6.07, 6.45) is 2.83. The van der Waals surface area contributed by atoms with Gasteiger partial charge in [0.1, 0.15) is 4.21 Å². The summed E-state index contributed by atoms with van der Waals surface area (Å²) in [5.74, 6) is -2.78. The Labute approximate surface area is 171 Å². The minimum absolute atomic E-state index is 0.0493. The highest BCUT2D eigenvalue weighted by Crippen LogP contribution is 2.28. The molecule has 5 nitrogen and oxygen atoms in total. The van der Waals surface area contributed by atoms with Crippen molar-refractivity contribution in [2.45, 2.75) is 40.5 Å². The maximum Gasteiger partial charge on any atom is 0.288 e. The summed E-state index contributed by atoms with van der Waals surface area (Å²) in [5, 5.41) is 2.69. The van der Waals surface area contributed by atoms with Crippen molar-refractivity contribution in [2.75, 3.05) is 18.4 Å². The van der Waals surface area contributed by atoms with E-state index in [0.717, 1.165) is 30.6 Å². The standard InChI is InChI=1S/C18H20F2N2O3S3/c19-18(20)27-14-6-4-13(5-7-14)21-16(23)12-15-8-9-17(26-15)28(24,25)22-10-2-1-3-11-22/h4-9,18H,1-3,10-12H2,(H,21,23). The largest absolute Gasteiger partial charge is 0.326 e. The van der Waals surface area contributed by atoms with Gasteiger partial charge in [-0.25, -0.2) is 8.42 Å². The number of hydrogen-bond donors (Lipinski definition) is 1. The van der Waals surface area contributed by atoms with Crippen LogP contribution < -0.4 is 5.32 Å². The molecule has 0 aliphatic carbocycles. The van der Waals surface area contributed by atoms with Crippen LogP contribution in [0.1, 0.15) is 24.1 Å². The number of hydrogen-bond acceptors (Lipinski definition) is 5. The SMILES string of the molecule is O=C(Cc1ccc(S(=O)(=O)N2CCCCC2)s1)Nc1ccc(SC(F)F)cc1.